The molecule has 0 spiro atoms. The summed E-state index contributed by atoms with van der Waals surface area (Å²) in [5, 5.41) is 13.1. The van der Waals surface area contributed by atoms with Crippen molar-refractivity contribution in [3.8, 4) is 0 Å². The van der Waals surface area contributed by atoms with Gasteiger partial charge in [0, 0.05) is 18.2 Å². The Hall–Kier alpha value is -2.31. The molecule has 136 valence electrons. The summed E-state index contributed by atoms with van der Waals surface area (Å²) < 4.78 is 0. The number of hydrogen-bond acceptors (Lipinski definition) is 4. The van der Waals surface area contributed by atoms with Crippen molar-refractivity contribution in [1.82, 2.24) is 0 Å². The van der Waals surface area contributed by atoms with Crippen molar-refractivity contribution in [2.75, 3.05) is 21.7 Å². The molecule has 2 aromatic carbocycles. The molecule has 3 rings (SSSR count). The van der Waals surface area contributed by atoms with E-state index in [1.807, 2.05) is 55.5 Å². The highest BCUT2D eigenvalue weighted by Crippen LogP contribution is 2.32. The summed E-state index contributed by atoms with van der Waals surface area (Å²) in [6, 6.07) is 16.5. The van der Waals surface area contributed by atoms with E-state index in [4.69, 9.17) is 0 Å². The number of amides is 2. The van der Waals surface area contributed by atoms with Crippen molar-refractivity contribution in [2.24, 2.45) is 0 Å². The molecule has 1 heterocycles. The number of rotatable bonds is 5. The number of aliphatic hydroxyl groups excluding tert-OH is 1. The molecule has 0 aliphatic carbocycles. The molecular weight excluding hydrogens is 348 g/mol. The molecule has 2 amide bonds. The number of hydrogen-bond donors (Lipinski definition) is 2. The number of nitrogens with zero attached hydrogens (tertiary/aromatic N) is 1. The summed E-state index contributed by atoms with van der Waals surface area (Å²) in [6.45, 7) is 1.88. The average Bonchev–Trinajstić information content (AvgIpc) is 2.76. The van der Waals surface area contributed by atoms with E-state index in [9.17, 15) is 14.7 Å². The SMILES string of the molecule is C[C@H]1CC(=O)Nc2ccccc2N1C(=O)CSC[C@H](O)c1ccccc1. The second kappa shape index (κ2) is 8.38. The summed E-state index contributed by atoms with van der Waals surface area (Å²) >= 11 is 1.40. The Morgan fingerprint density at radius 3 is 2.69 bits per heavy atom. The molecule has 2 atom stereocenters. The van der Waals surface area contributed by atoms with Gasteiger partial charge in [-0.25, -0.2) is 0 Å². The van der Waals surface area contributed by atoms with Crippen LogP contribution in [0.4, 0.5) is 11.4 Å². The monoisotopic (exact) mass is 370 g/mol. The van der Waals surface area contributed by atoms with Gasteiger partial charge in [-0.05, 0) is 24.6 Å². The maximum absolute atomic E-state index is 12.8. The first-order chi connectivity index (χ1) is 12.6. The largest absolute Gasteiger partial charge is 0.388 e. The van der Waals surface area contributed by atoms with E-state index in [1.54, 1.807) is 11.0 Å². The molecule has 0 aromatic heterocycles. The Labute approximate surface area is 157 Å². The fourth-order valence-electron chi connectivity index (χ4n) is 3.07. The Morgan fingerprint density at radius 1 is 1.23 bits per heavy atom. The zero-order chi connectivity index (χ0) is 18.5. The third-order valence-corrected chi connectivity index (χ3v) is 5.32. The van der Waals surface area contributed by atoms with Crippen LogP contribution in [0.1, 0.15) is 25.0 Å². The predicted molar refractivity (Wildman–Crippen MR) is 105 cm³/mol. The van der Waals surface area contributed by atoms with Crippen molar-refractivity contribution in [3.63, 3.8) is 0 Å². The van der Waals surface area contributed by atoms with Gasteiger partial charge in [0.2, 0.25) is 11.8 Å². The van der Waals surface area contributed by atoms with Gasteiger partial charge in [0.15, 0.2) is 0 Å². The smallest absolute Gasteiger partial charge is 0.237 e. The molecule has 26 heavy (non-hydrogen) atoms. The normalized spacial score (nSPS) is 17.8. The number of para-hydroxylation sites is 2. The van der Waals surface area contributed by atoms with E-state index in [0.717, 1.165) is 11.3 Å². The van der Waals surface area contributed by atoms with Crippen LogP contribution in [0.15, 0.2) is 54.6 Å². The molecule has 2 aromatic rings. The van der Waals surface area contributed by atoms with Crippen LogP contribution < -0.4 is 10.2 Å². The van der Waals surface area contributed by atoms with Gasteiger partial charge in [-0.2, -0.15) is 0 Å². The van der Waals surface area contributed by atoms with Crippen LogP contribution in [0.3, 0.4) is 0 Å². The third kappa shape index (κ3) is 4.26. The van der Waals surface area contributed by atoms with Crippen LogP contribution in [0, 0.1) is 0 Å². The standard InChI is InChI=1S/C20H22N2O3S/c1-14-11-19(24)21-16-9-5-6-10-17(16)22(14)20(25)13-26-12-18(23)15-7-3-2-4-8-15/h2-10,14,18,23H,11-13H2,1H3,(H,21,24)/t14-,18-/m0/s1. The lowest BCUT2D eigenvalue weighted by Crippen LogP contribution is -2.40. The van der Waals surface area contributed by atoms with Crippen LogP contribution >= 0.6 is 11.8 Å². The fraction of sp³-hybridized carbons (Fsp3) is 0.300. The highest BCUT2D eigenvalue weighted by Gasteiger charge is 2.29. The minimum absolute atomic E-state index is 0.0632. The summed E-state index contributed by atoms with van der Waals surface area (Å²) in [7, 11) is 0. The van der Waals surface area contributed by atoms with E-state index in [-0.39, 0.29) is 30.0 Å². The Morgan fingerprint density at radius 2 is 1.92 bits per heavy atom. The minimum atomic E-state index is -0.605. The minimum Gasteiger partial charge on any atom is -0.388 e. The van der Waals surface area contributed by atoms with Crippen LogP contribution in [0.2, 0.25) is 0 Å². The Kier molecular flexibility index (Phi) is 5.96. The second-order valence-corrected chi connectivity index (χ2v) is 7.35. The molecule has 0 fully saturated rings. The highest BCUT2D eigenvalue weighted by atomic mass is 32.2. The number of anilines is 2. The molecule has 1 aliphatic rings. The molecule has 0 radical (unpaired) electrons. The van der Waals surface area contributed by atoms with Gasteiger partial charge in [-0.3, -0.25) is 9.59 Å². The van der Waals surface area contributed by atoms with Gasteiger partial charge in [-0.15, -0.1) is 11.8 Å². The molecule has 6 heteroatoms. The van der Waals surface area contributed by atoms with Gasteiger partial charge in [0.1, 0.15) is 0 Å². The number of benzene rings is 2. The van der Waals surface area contributed by atoms with Crippen molar-refractivity contribution in [1.29, 1.82) is 0 Å². The fourth-order valence-corrected chi connectivity index (χ4v) is 3.91. The number of carbonyl (C=O) groups excluding carboxylic acids is 2. The van der Waals surface area contributed by atoms with E-state index < -0.39 is 6.10 Å². The molecule has 1 aliphatic heterocycles. The zero-order valence-electron chi connectivity index (χ0n) is 14.6. The molecule has 5 nitrogen and oxygen atoms in total. The Balaban J connectivity index is 1.66. The van der Waals surface area contributed by atoms with Crippen LogP contribution in [-0.4, -0.2) is 34.5 Å². The van der Waals surface area contributed by atoms with Gasteiger partial charge in [0.25, 0.3) is 0 Å². The van der Waals surface area contributed by atoms with Gasteiger partial charge in [-0.1, -0.05) is 42.5 Å². The van der Waals surface area contributed by atoms with Gasteiger partial charge < -0.3 is 15.3 Å². The highest BCUT2D eigenvalue weighted by molar-refractivity contribution is 8.00. The topological polar surface area (TPSA) is 69.6 Å². The Bertz CT molecular complexity index is 782. The number of carbonyl (C=O) groups is 2. The molecule has 2 N–H and O–H groups in total. The van der Waals surface area contributed by atoms with Gasteiger partial charge in [0.05, 0.1) is 23.2 Å². The van der Waals surface area contributed by atoms with Crippen LogP contribution in [-0.2, 0) is 9.59 Å². The van der Waals surface area contributed by atoms with E-state index >= 15 is 0 Å². The number of aliphatic hydroxyl groups is 1. The second-order valence-electron chi connectivity index (χ2n) is 6.32. The first-order valence-electron chi connectivity index (χ1n) is 8.58. The van der Waals surface area contributed by atoms with Crippen molar-refractivity contribution in [2.45, 2.75) is 25.5 Å². The lowest BCUT2D eigenvalue weighted by atomic mass is 10.1. The maximum Gasteiger partial charge on any atom is 0.237 e. The van der Waals surface area contributed by atoms with E-state index in [1.165, 1.54) is 11.8 Å². The van der Waals surface area contributed by atoms with Crippen molar-refractivity contribution >= 4 is 35.0 Å². The summed E-state index contributed by atoms with van der Waals surface area (Å²) in [4.78, 5) is 26.5. The quantitative estimate of drug-likeness (QED) is 0.848. The molecule has 0 saturated carbocycles. The van der Waals surface area contributed by atoms with Crippen molar-refractivity contribution in [3.05, 3.63) is 60.2 Å². The number of fused-ring (bicyclic) bond motifs is 1. The zero-order valence-corrected chi connectivity index (χ0v) is 15.4. The summed E-state index contributed by atoms with van der Waals surface area (Å²) in [6.07, 6.45) is -0.344. The van der Waals surface area contributed by atoms with Crippen LogP contribution in [0.25, 0.3) is 0 Å². The van der Waals surface area contributed by atoms with E-state index in [2.05, 4.69) is 5.32 Å². The summed E-state index contributed by atoms with van der Waals surface area (Å²) in [5.74, 6) is 0.534. The number of nitrogens with one attached hydrogen (secondary N) is 1. The summed E-state index contributed by atoms with van der Waals surface area (Å²) in [5.41, 5.74) is 2.22. The van der Waals surface area contributed by atoms with Crippen molar-refractivity contribution < 1.29 is 14.7 Å². The maximum atomic E-state index is 12.8. The number of thioether (sulfide) groups is 1. The first-order valence-corrected chi connectivity index (χ1v) is 9.73. The van der Waals surface area contributed by atoms with Gasteiger partial charge >= 0.3 is 0 Å². The molecule has 0 bridgehead atoms. The first kappa shape index (κ1) is 18.5. The predicted octanol–water partition coefficient (Wildman–Crippen LogP) is 3.22. The molecule has 0 saturated heterocycles. The lowest BCUT2D eigenvalue weighted by Gasteiger charge is -2.28. The third-order valence-electron chi connectivity index (χ3n) is 4.31. The van der Waals surface area contributed by atoms with E-state index in [0.29, 0.717) is 11.4 Å². The molecule has 0 unspecified atom stereocenters. The lowest BCUT2D eigenvalue weighted by molar-refractivity contribution is -0.117. The molecular formula is C20H22N2O3S. The average molecular weight is 370 g/mol. The van der Waals surface area contributed by atoms with Crippen LogP contribution in [0.5, 0.6) is 0 Å².